The van der Waals surface area contributed by atoms with Crippen LogP contribution >= 0.6 is 0 Å². The molecule has 0 aliphatic rings. The lowest BCUT2D eigenvalue weighted by atomic mass is 10.1. The number of fused-ring (bicyclic) bond motifs is 1. The zero-order valence-electron chi connectivity index (χ0n) is 10.6. The third-order valence-corrected chi connectivity index (χ3v) is 2.74. The Morgan fingerprint density at radius 2 is 2.00 bits per heavy atom. The smallest absolute Gasteiger partial charge is 0.156 e. The third kappa shape index (κ3) is 2.75. The van der Waals surface area contributed by atoms with Crippen LogP contribution in [0.3, 0.4) is 0 Å². The number of methoxy groups -OCH3 is 1. The second-order valence-corrected chi connectivity index (χ2v) is 4.17. The Morgan fingerprint density at radius 3 is 2.72 bits per heavy atom. The van der Waals surface area contributed by atoms with E-state index in [4.69, 9.17) is 4.74 Å². The summed E-state index contributed by atoms with van der Waals surface area (Å²) < 4.78 is 4.87. The normalized spacial score (nSPS) is 12.6. The zero-order valence-corrected chi connectivity index (χ0v) is 10.6. The summed E-state index contributed by atoms with van der Waals surface area (Å²) in [5.41, 5.74) is 0.897. The first-order valence-electron chi connectivity index (χ1n) is 5.85. The maximum Gasteiger partial charge on any atom is 0.156 e. The van der Waals surface area contributed by atoms with Crippen molar-refractivity contribution in [3.63, 3.8) is 0 Å². The Morgan fingerprint density at radius 1 is 1.28 bits per heavy atom. The Bertz CT molecular complexity index is 531. The van der Waals surface area contributed by atoms with Crippen LogP contribution in [0.5, 0.6) is 0 Å². The molecule has 96 valence electrons. The molecule has 1 heterocycles. The molecule has 18 heavy (non-hydrogen) atoms. The van der Waals surface area contributed by atoms with Crippen molar-refractivity contribution in [1.82, 2.24) is 10.2 Å². The number of ether oxygens (including phenoxy) is 1. The van der Waals surface area contributed by atoms with Gasteiger partial charge in [-0.3, -0.25) is 0 Å². The Balaban J connectivity index is 2.21. The van der Waals surface area contributed by atoms with Crippen LogP contribution in [0.4, 0.5) is 5.82 Å². The van der Waals surface area contributed by atoms with Gasteiger partial charge in [-0.25, -0.2) is 0 Å². The lowest BCUT2D eigenvalue weighted by Gasteiger charge is -2.12. The molecule has 0 radical (unpaired) electrons. The van der Waals surface area contributed by atoms with Crippen LogP contribution in [-0.2, 0) is 4.74 Å². The van der Waals surface area contributed by atoms with Gasteiger partial charge in [0, 0.05) is 24.4 Å². The van der Waals surface area contributed by atoms with Crippen molar-refractivity contribution in [2.24, 2.45) is 0 Å². The SMILES string of the molecule is COCC(O)CNc1nnc(C)c2ccccc12. The first-order chi connectivity index (χ1) is 8.72. The standard InChI is InChI=1S/C13H17N3O2/c1-9-11-5-3-4-6-12(11)13(16-15-9)14-7-10(17)8-18-2/h3-6,10,17H,7-8H2,1-2H3,(H,14,16). The van der Waals surface area contributed by atoms with E-state index in [0.29, 0.717) is 19.0 Å². The summed E-state index contributed by atoms with van der Waals surface area (Å²) >= 11 is 0. The number of hydrogen-bond donors (Lipinski definition) is 2. The number of hydrogen-bond acceptors (Lipinski definition) is 5. The second-order valence-electron chi connectivity index (χ2n) is 4.17. The minimum Gasteiger partial charge on any atom is -0.389 e. The number of nitrogens with zero attached hydrogens (tertiary/aromatic N) is 2. The van der Waals surface area contributed by atoms with Gasteiger partial charge in [0.15, 0.2) is 5.82 Å². The zero-order chi connectivity index (χ0) is 13.0. The summed E-state index contributed by atoms with van der Waals surface area (Å²) in [4.78, 5) is 0. The molecule has 0 aliphatic heterocycles. The Labute approximate surface area is 106 Å². The van der Waals surface area contributed by atoms with Crippen molar-refractivity contribution >= 4 is 16.6 Å². The molecule has 1 unspecified atom stereocenters. The molecule has 0 amide bonds. The van der Waals surface area contributed by atoms with E-state index >= 15 is 0 Å². The minimum atomic E-state index is -0.558. The van der Waals surface area contributed by atoms with Crippen LogP contribution in [0.15, 0.2) is 24.3 Å². The molecular weight excluding hydrogens is 230 g/mol. The summed E-state index contributed by atoms with van der Waals surface area (Å²) in [6.45, 7) is 2.61. The monoisotopic (exact) mass is 247 g/mol. The molecule has 0 bridgehead atoms. The van der Waals surface area contributed by atoms with Gasteiger partial charge in [0.2, 0.25) is 0 Å². The van der Waals surface area contributed by atoms with Gasteiger partial charge in [-0.1, -0.05) is 24.3 Å². The van der Waals surface area contributed by atoms with E-state index in [0.717, 1.165) is 16.5 Å². The van der Waals surface area contributed by atoms with Crippen molar-refractivity contribution in [1.29, 1.82) is 0 Å². The maximum atomic E-state index is 9.60. The predicted molar refractivity (Wildman–Crippen MR) is 70.6 cm³/mol. The van der Waals surface area contributed by atoms with Gasteiger partial charge in [0.05, 0.1) is 18.4 Å². The molecule has 2 aromatic rings. The van der Waals surface area contributed by atoms with Gasteiger partial charge in [-0.15, -0.1) is 5.10 Å². The molecule has 0 spiro atoms. The van der Waals surface area contributed by atoms with E-state index in [1.165, 1.54) is 0 Å². The minimum absolute atomic E-state index is 0.296. The van der Waals surface area contributed by atoms with E-state index in [1.807, 2.05) is 31.2 Å². The highest BCUT2D eigenvalue weighted by Crippen LogP contribution is 2.21. The van der Waals surface area contributed by atoms with E-state index < -0.39 is 6.10 Å². The molecule has 1 aromatic carbocycles. The fourth-order valence-electron chi connectivity index (χ4n) is 1.83. The average Bonchev–Trinajstić information content (AvgIpc) is 2.39. The van der Waals surface area contributed by atoms with Gasteiger partial charge in [-0.05, 0) is 6.92 Å². The number of benzene rings is 1. The van der Waals surface area contributed by atoms with Crippen LogP contribution in [0.1, 0.15) is 5.69 Å². The third-order valence-electron chi connectivity index (χ3n) is 2.74. The van der Waals surface area contributed by atoms with E-state index in [9.17, 15) is 5.11 Å². The van der Waals surface area contributed by atoms with Crippen molar-refractivity contribution < 1.29 is 9.84 Å². The van der Waals surface area contributed by atoms with Crippen LogP contribution in [0.2, 0.25) is 0 Å². The molecule has 2 N–H and O–H groups in total. The summed E-state index contributed by atoms with van der Waals surface area (Å²) in [6, 6.07) is 7.93. The van der Waals surface area contributed by atoms with Crippen LogP contribution in [-0.4, -0.2) is 41.7 Å². The Kier molecular flexibility index (Phi) is 4.07. The summed E-state index contributed by atoms with van der Waals surface area (Å²) in [6.07, 6.45) is -0.558. The van der Waals surface area contributed by atoms with Gasteiger partial charge >= 0.3 is 0 Å². The highest BCUT2D eigenvalue weighted by atomic mass is 16.5. The molecule has 5 heteroatoms. The lowest BCUT2D eigenvalue weighted by Crippen LogP contribution is -2.24. The van der Waals surface area contributed by atoms with Gasteiger partial charge in [-0.2, -0.15) is 5.10 Å². The number of nitrogens with one attached hydrogen (secondary N) is 1. The first-order valence-corrected chi connectivity index (χ1v) is 5.85. The van der Waals surface area contributed by atoms with Crippen LogP contribution in [0, 0.1) is 6.92 Å². The maximum absolute atomic E-state index is 9.60. The summed E-state index contributed by atoms with van der Waals surface area (Å²) in [7, 11) is 1.56. The number of aliphatic hydroxyl groups excluding tert-OH is 1. The second kappa shape index (κ2) is 5.75. The molecular formula is C13H17N3O2. The molecule has 2 rings (SSSR count). The number of anilines is 1. The number of aromatic nitrogens is 2. The van der Waals surface area contributed by atoms with Crippen molar-refractivity contribution in [2.75, 3.05) is 25.6 Å². The first kappa shape index (κ1) is 12.7. The molecule has 5 nitrogen and oxygen atoms in total. The Hall–Kier alpha value is -1.72. The fourth-order valence-corrected chi connectivity index (χ4v) is 1.83. The lowest BCUT2D eigenvalue weighted by molar-refractivity contribution is 0.0727. The molecule has 0 aliphatic carbocycles. The number of rotatable bonds is 5. The van der Waals surface area contributed by atoms with Crippen molar-refractivity contribution in [3.8, 4) is 0 Å². The molecule has 1 atom stereocenters. The van der Waals surface area contributed by atoms with Gasteiger partial charge in [0.1, 0.15) is 0 Å². The quantitative estimate of drug-likeness (QED) is 0.835. The van der Waals surface area contributed by atoms with E-state index in [1.54, 1.807) is 7.11 Å². The molecule has 0 fully saturated rings. The summed E-state index contributed by atoms with van der Waals surface area (Å²) in [5.74, 6) is 0.686. The van der Waals surface area contributed by atoms with Crippen molar-refractivity contribution in [2.45, 2.75) is 13.0 Å². The van der Waals surface area contributed by atoms with Gasteiger partial charge in [0.25, 0.3) is 0 Å². The predicted octanol–water partition coefficient (Wildman–Crippen LogP) is 1.36. The van der Waals surface area contributed by atoms with Gasteiger partial charge < -0.3 is 15.2 Å². The van der Waals surface area contributed by atoms with Crippen LogP contribution < -0.4 is 5.32 Å². The topological polar surface area (TPSA) is 67.3 Å². The number of aliphatic hydroxyl groups is 1. The molecule has 1 aromatic heterocycles. The summed E-state index contributed by atoms with van der Waals surface area (Å²) in [5, 5.41) is 23.0. The van der Waals surface area contributed by atoms with E-state index in [2.05, 4.69) is 15.5 Å². The highest BCUT2D eigenvalue weighted by molar-refractivity contribution is 5.92. The highest BCUT2D eigenvalue weighted by Gasteiger charge is 2.08. The fraction of sp³-hybridized carbons (Fsp3) is 0.385. The average molecular weight is 247 g/mol. The molecule has 0 saturated heterocycles. The van der Waals surface area contributed by atoms with E-state index in [-0.39, 0.29) is 0 Å². The molecule has 0 saturated carbocycles. The number of aryl methyl sites for hydroxylation is 1. The largest absolute Gasteiger partial charge is 0.389 e. The van der Waals surface area contributed by atoms with Crippen LogP contribution in [0.25, 0.3) is 10.8 Å². The van der Waals surface area contributed by atoms with Crippen molar-refractivity contribution in [3.05, 3.63) is 30.0 Å².